The molecule has 6 heteroatoms. The molecule has 0 amide bonds. The van der Waals surface area contributed by atoms with Crippen molar-refractivity contribution in [2.75, 3.05) is 5.75 Å². The molecule has 1 N–H and O–H groups in total. The smallest absolute Gasteiger partial charge is 0.178 e. The third-order valence-electron chi connectivity index (χ3n) is 3.85. The zero-order valence-corrected chi connectivity index (χ0v) is 12.7. The topological polar surface area (TPSA) is 67.3 Å². The van der Waals surface area contributed by atoms with Gasteiger partial charge in [-0.05, 0) is 24.1 Å². The Hall–Kier alpha value is -1.43. The van der Waals surface area contributed by atoms with Gasteiger partial charge in [-0.2, -0.15) is 0 Å². The highest BCUT2D eigenvalue weighted by Crippen LogP contribution is 2.39. The molecule has 0 saturated carbocycles. The van der Waals surface area contributed by atoms with Gasteiger partial charge in [0.25, 0.3) is 0 Å². The van der Waals surface area contributed by atoms with Gasteiger partial charge in [0.15, 0.2) is 9.84 Å². The van der Waals surface area contributed by atoms with Crippen LogP contribution in [0.15, 0.2) is 47.6 Å². The van der Waals surface area contributed by atoms with E-state index in [4.69, 9.17) is 11.6 Å². The van der Waals surface area contributed by atoms with Crippen molar-refractivity contribution in [3.63, 3.8) is 0 Å². The Morgan fingerprint density at radius 3 is 2.81 bits per heavy atom. The first-order valence-electron chi connectivity index (χ1n) is 6.55. The van der Waals surface area contributed by atoms with Gasteiger partial charge in [-0.15, -0.1) is 0 Å². The van der Waals surface area contributed by atoms with E-state index in [-0.39, 0.29) is 23.5 Å². The molecule has 1 aromatic carbocycles. The maximum absolute atomic E-state index is 12.1. The molecular formula is C15H14ClNO3S. The average molecular weight is 324 g/mol. The zero-order chi connectivity index (χ0) is 15.1. The van der Waals surface area contributed by atoms with Crippen LogP contribution in [-0.4, -0.2) is 24.3 Å². The van der Waals surface area contributed by atoms with Crippen LogP contribution in [-0.2, 0) is 21.9 Å². The minimum Gasteiger partial charge on any atom is -0.385 e. The molecule has 21 heavy (non-hydrogen) atoms. The number of benzene rings is 1. The maximum atomic E-state index is 12.1. The molecular weight excluding hydrogens is 310 g/mol. The second-order valence-corrected chi connectivity index (χ2v) is 7.73. The summed E-state index contributed by atoms with van der Waals surface area (Å²) in [6.45, 7) is 0. The standard InChI is InChI=1S/C15H14ClNO3S/c16-13-10-17-7-5-11(13)9-15(18)6-8-21(19,20)14-4-2-1-3-12(14)15/h1-5,7,10,18H,6,8-9H2. The summed E-state index contributed by atoms with van der Waals surface area (Å²) in [7, 11) is -3.32. The van der Waals surface area contributed by atoms with Gasteiger partial charge in [0.05, 0.1) is 21.3 Å². The van der Waals surface area contributed by atoms with Crippen molar-refractivity contribution in [3.8, 4) is 0 Å². The third-order valence-corrected chi connectivity index (χ3v) is 5.96. The number of aliphatic hydroxyl groups is 1. The van der Waals surface area contributed by atoms with Crippen molar-refractivity contribution in [2.24, 2.45) is 0 Å². The number of pyridine rings is 1. The Morgan fingerprint density at radius 1 is 1.29 bits per heavy atom. The first-order valence-corrected chi connectivity index (χ1v) is 8.58. The van der Waals surface area contributed by atoms with Gasteiger partial charge >= 0.3 is 0 Å². The Morgan fingerprint density at radius 2 is 2.05 bits per heavy atom. The van der Waals surface area contributed by atoms with Crippen LogP contribution in [0.3, 0.4) is 0 Å². The van der Waals surface area contributed by atoms with E-state index in [1.165, 1.54) is 6.20 Å². The fraction of sp³-hybridized carbons (Fsp3) is 0.267. The molecule has 0 fully saturated rings. The lowest BCUT2D eigenvalue weighted by Gasteiger charge is -2.34. The summed E-state index contributed by atoms with van der Waals surface area (Å²) >= 11 is 6.10. The molecule has 1 unspecified atom stereocenters. The van der Waals surface area contributed by atoms with Crippen LogP contribution in [0, 0.1) is 0 Å². The predicted molar refractivity (Wildman–Crippen MR) is 80.0 cm³/mol. The second kappa shape index (κ2) is 5.09. The molecule has 0 saturated heterocycles. The normalized spacial score (nSPS) is 23.5. The number of aromatic nitrogens is 1. The number of hydrogen-bond acceptors (Lipinski definition) is 4. The largest absolute Gasteiger partial charge is 0.385 e. The van der Waals surface area contributed by atoms with Gasteiger partial charge in [0.1, 0.15) is 0 Å². The molecule has 1 aromatic heterocycles. The molecule has 1 atom stereocenters. The first-order chi connectivity index (χ1) is 9.92. The van der Waals surface area contributed by atoms with E-state index in [1.54, 1.807) is 36.5 Å². The molecule has 1 aliphatic rings. The Bertz CT molecular complexity index is 791. The van der Waals surface area contributed by atoms with Gasteiger partial charge in [-0.25, -0.2) is 8.42 Å². The van der Waals surface area contributed by atoms with Crippen LogP contribution in [0.4, 0.5) is 0 Å². The summed E-state index contributed by atoms with van der Waals surface area (Å²) < 4.78 is 24.3. The Balaban J connectivity index is 2.09. The molecule has 0 radical (unpaired) electrons. The van der Waals surface area contributed by atoms with Crippen molar-refractivity contribution in [1.82, 2.24) is 4.98 Å². The summed E-state index contributed by atoms with van der Waals surface area (Å²) in [5.41, 5.74) is -0.0280. The lowest BCUT2D eigenvalue weighted by atomic mass is 9.85. The summed E-state index contributed by atoms with van der Waals surface area (Å²) in [5, 5.41) is 11.5. The maximum Gasteiger partial charge on any atom is 0.178 e. The number of halogens is 1. The molecule has 0 aliphatic carbocycles. The number of hydrogen-bond donors (Lipinski definition) is 1. The number of fused-ring (bicyclic) bond motifs is 1. The van der Waals surface area contributed by atoms with Gasteiger partial charge in [0.2, 0.25) is 0 Å². The average Bonchev–Trinajstić information content (AvgIpc) is 2.47. The molecule has 2 heterocycles. The molecule has 3 rings (SSSR count). The summed E-state index contributed by atoms with van der Waals surface area (Å²) in [6.07, 6.45) is 3.55. The summed E-state index contributed by atoms with van der Waals surface area (Å²) in [6, 6.07) is 8.36. The highest BCUT2D eigenvalue weighted by Gasteiger charge is 2.40. The van der Waals surface area contributed by atoms with Crippen molar-refractivity contribution in [1.29, 1.82) is 0 Å². The lowest BCUT2D eigenvalue weighted by Crippen LogP contribution is -2.37. The summed E-state index contributed by atoms with van der Waals surface area (Å²) in [4.78, 5) is 4.13. The Kier molecular flexibility index (Phi) is 3.51. The molecule has 4 nitrogen and oxygen atoms in total. The Labute approximate surface area is 128 Å². The van der Waals surface area contributed by atoms with E-state index in [2.05, 4.69) is 4.98 Å². The van der Waals surface area contributed by atoms with E-state index in [9.17, 15) is 13.5 Å². The number of nitrogens with zero attached hydrogens (tertiary/aromatic N) is 1. The molecule has 2 aromatic rings. The van der Waals surface area contributed by atoms with Crippen molar-refractivity contribution < 1.29 is 13.5 Å². The molecule has 110 valence electrons. The third kappa shape index (κ3) is 2.57. The predicted octanol–water partition coefficient (Wildman–Crippen LogP) is 2.34. The van der Waals surface area contributed by atoms with E-state index in [0.717, 1.165) is 5.56 Å². The SMILES string of the molecule is O=S1(=O)CCC(O)(Cc2ccncc2Cl)c2ccccc21. The van der Waals surface area contributed by atoms with Gasteiger partial charge in [-0.3, -0.25) is 4.98 Å². The van der Waals surface area contributed by atoms with Crippen LogP contribution in [0.5, 0.6) is 0 Å². The second-order valence-electron chi connectivity index (χ2n) is 5.24. The fourth-order valence-electron chi connectivity index (χ4n) is 2.72. The molecule has 0 bridgehead atoms. The minimum absolute atomic E-state index is 0.0663. The van der Waals surface area contributed by atoms with Gasteiger partial charge < -0.3 is 5.11 Å². The molecule has 1 aliphatic heterocycles. The van der Waals surface area contributed by atoms with Gasteiger partial charge in [0, 0.05) is 24.4 Å². The molecule has 0 spiro atoms. The summed E-state index contributed by atoms with van der Waals surface area (Å²) in [5.74, 6) is -0.0663. The van der Waals surface area contributed by atoms with Crippen LogP contribution in [0.2, 0.25) is 5.02 Å². The van der Waals surface area contributed by atoms with E-state index in [1.807, 2.05) is 0 Å². The highest BCUT2D eigenvalue weighted by atomic mass is 35.5. The van der Waals surface area contributed by atoms with E-state index in [0.29, 0.717) is 10.6 Å². The van der Waals surface area contributed by atoms with Crippen molar-refractivity contribution in [3.05, 3.63) is 58.9 Å². The van der Waals surface area contributed by atoms with Crippen molar-refractivity contribution >= 4 is 21.4 Å². The van der Waals surface area contributed by atoms with Crippen LogP contribution < -0.4 is 0 Å². The monoisotopic (exact) mass is 323 g/mol. The highest BCUT2D eigenvalue weighted by molar-refractivity contribution is 7.91. The fourth-order valence-corrected chi connectivity index (χ4v) is 4.61. The lowest BCUT2D eigenvalue weighted by molar-refractivity contribution is 0.0283. The van der Waals surface area contributed by atoms with Gasteiger partial charge in [-0.1, -0.05) is 29.8 Å². The van der Waals surface area contributed by atoms with Crippen molar-refractivity contribution in [2.45, 2.75) is 23.3 Å². The number of rotatable bonds is 2. The van der Waals surface area contributed by atoms with E-state index < -0.39 is 15.4 Å². The van der Waals surface area contributed by atoms with Crippen LogP contribution >= 0.6 is 11.6 Å². The zero-order valence-electron chi connectivity index (χ0n) is 11.2. The quantitative estimate of drug-likeness (QED) is 0.921. The van der Waals surface area contributed by atoms with Crippen LogP contribution in [0.25, 0.3) is 0 Å². The van der Waals surface area contributed by atoms with E-state index >= 15 is 0 Å². The minimum atomic E-state index is -3.32. The first kappa shape index (κ1) is 14.5. The number of sulfone groups is 1. The van der Waals surface area contributed by atoms with Crippen LogP contribution in [0.1, 0.15) is 17.5 Å².